The minimum atomic E-state index is -0.999. The van der Waals surface area contributed by atoms with Gasteiger partial charge in [0.05, 0.1) is 6.54 Å². The number of amides is 1. The molecule has 0 spiro atoms. The highest BCUT2D eigenvalue weighted by Gasteiger charge is 2.42. The summed E-state index contributed by atoms with van der Waals surface area (Å²) < 4.78 is 6.50. The maximum absolute atomic E-state index is 12.2. The maximum Gasteiger partial charge on any atom is 0.410 e. The van der Waals surface area contributed by atoms with Crippen LogP contribution < -0.4 is 0 Å². The van der Waals surface area contributed by atoms with Crippen molar-refractivity contribution in [3.8, 4) is 0 Å². The summed E-state index contributed by atoms with van der Waals surface area (Å²) in [6.07, 6.45) is 0.172. The van der Waals surface area contributed by atoms with Crippen LogP contribution in [0.25, 0.3) is 10.1 Å². The van der Waals surface area contributed by atoms with Gasteiger partial charge in [-0.3, -0.25) is 0 Å². The van der Waals surface area contributed by atoms with Crippen molar-refractivity contribution in [2.75, 3.05) is 13.1 Å². The highest BCUT2D eigenvalue weighted by Crippen LogP contribution is 2.38. The van der Waals surface area contributed by atoms with Crippen molar-refractivity contribution < 1.29 is 14.6 Å². The van der Waals surface area contributed by atoms with E-state index in [2.05, 4.69) is 0 Å². The molecule has 1 fully saturated rings. The average molecular weight is 319 g/mol. The smallest absolute Gasteiger partial charge is 0.410 e. The number of aliphatic hydroxyl groups is 1. The molecule has 2 heterocycles. The van der Waals surface area contributed by atoms with Gasteiger partial charge >= 0.3 is 6.09 Å². The van der Waals surface area contributed by atoms with Crippen molar-refractivity contribution in [3.05, 3.63) is 35.2 Å². The molecule has 22 heavy (non-hydrogen) atoms. The number of benzene rings is 1. The predicted molar refractivity (Wildman–Crippen MR) is 88.1 cm³/mol. The number of thiophene rings is 1. The van der Waals surface area contributed by atoms with Crippen LogP contribution in [-0.2, 0) is 10.3 Å². The lowest BCUT2D eigenvalue weighted by molar-refractivity contribution is 0.0145. The third kappa shape index (κ3) is 2.83. The fourth-order valence-corrected chi connectivity index (χ4v) is 3.86. The van der Waals surface area contributed by atoms with E-state index in [1.807, 2.05) is 50.4 Å². The summed E-state index contributed by atoms with van der Waals surface area (Å²) in [4.78, 5) is 13.8. The normalized spacial score (nSPS) is 22.3. The quantitative estimate of drug-likeness (QED) is 0.871. The first-order chi connectivity index (χ1) is 10.3. The van der Waals surface area contributed by atoms with Crippen molar-refractivity contribution in [1.29, 1.82) is 0 Å². The summed E-state index contributed by atoms with van der Waals surface area (Å²) in [6.45, 7) is 6.32. The third-order valence-electron chi connectivity index (χ3n) is 3.88. The van der Waals surface area contributed by atoms with Crippen LogP contribution in [0.5, 0.6) is 0 Å². The number of carbonyl (C=O) groups is 1. The zero-order chi connectivity index (χ0) is 16.0. The molecule has 1 N–H and O–H groups in total. The zero-order valence-electron chi connectivity index (χ0n) is 13.1. The Hall–Kier alpha value is -1.59. The zero-order valence-corrected chi connectivity index (χ0v) is 13.9. The van der Waals surface area contributed by atoms with Gasteiger partial charge in [-0.2, -0.15) is 0 Å². The van der Waals surface area contributed by atoms with Gasteiger partial charge in [0.25, 0.3) is 0 Å². The summed E-state index contributed by atoms with van der Waals surface area (Å²) in [5, 5.41) is 14.2. The predicted octanol–water partition coefficient (Wildman–Crippen LogP) is 3.73. The summed E-state index contributed by atoms with van der Waals surface area (Å²) in [6, 6.07) is 8.00. The molecule has 1 saturated heterocycles. The fraction of sp³-hybridized carbons (Fsp3) is 0.471. The van der Waals surface area contributed by atoms with Crippen molar-refractivity contribution in [1.82, 2.24) is 4.90 Å². The van der Waals surface area contributed by atoms with E-state index in [0.717, 1.165) is 15.6 Å². The molecule has 2 aromatic rings. The van der Waals surface area contributed by atoms with Gasteiger partial charge in [0.2, 0.25) is 0 Å². The van der Waals surface area contributed by atoms with Gasteiger partial charge in [0.1, 0.15) is 11.2 Å². The Labute approximate surface area is 134 Å². The third-order valence-corrected chi connectivity index (χ3v) is 4.84. The van der Waals surface area contributed by atoms with Gasteiger partial charge in [-0.05, 0) is 44.0 Å². The SMILES string of the molecule is CC(C)(C)OC(=O)N1CCC(O)(c2cccc3ccsc23)C1. The summed E-state index contributed by atoms with van der Waals surface area (Å²) >= 11 is 1.62. The lowest BCUT2D eigenvalue weighted by Gasteiger charge is -2.27. The molecular weight excluding hydrogens is 298 g/mol. The highest BCUT2D eigenvalue weighted by atomic mass is 32.1. The van der Waals surface area contributed by atoms with Gasteiger partial charge < -0.3 is 14.7 Å². The van der Waals surface area contributed by atoms with Gasteiger partial charge in [0.15, 0.2) is 0 Å². The van der Waals surface area contributed by atoms with Crippen LogP contribution in [0.2, 0.25) is 0 Å². The number of ether oxygens (including phenoxy) is 1. The molecule has 1 aromatic heterocycles. The lowest BCUT2D eigenvalue weighted by atomic mass is 9.92. The van der Waals surface area contributed by atoms with Gasteiger partial charge in [-0.25, -0.2) is 4.79 Å². The van der Waals surface area contributed by atoms with Crippen molar-refractivity contribution >= 4 is 27.5 Å². The van der Waals surface area contributed by atoms with E-state index in [4.69, 9.17) is 4.74 Å². The number of carbonyl (C=O) groups excluding carboxylic acids is 1. The number of likely N-dealkylation sites (tertiary alicyclic amines) is 1. The molecule has 0 radical (unpaired) electrons. The summed E-state index contributed by atoms with van der Waals surface area (Å²) in [7, 11) is 0. The van der Waals surface area contributed by atoms with Crippen molar-refractivity contribution in [2.45, 2.75) is 38.4 Å². The van der Waals surface area contributed by atoms with E-state index < -0.39 is 11.2 Å². The summed E-state index contributed by atoms with van der Waals surface area (Å²) in [5.41, 5.74) is -0.613. The summed E-state index contributed by atoms with van der Waals surface area (Å²) in [5.74, 6) is 0. The van der Waals surface area contributed by atoms with Gasteiger partial charge in [-0.1, -0.05) is 18.2 Å². The van der Waals surface area contributed by atoms with Crippen molar-refractivity contribution in [2.24, 2.45) is 0 Å². The minimum Gasteiger partial charge on any atom is -0.444 e. The van der Waals surface area contributed by atoms with Crippen molar-refractivity contribution in [3.63, 3.8) is 0 Å². The van der Waals surface area contributed by atoms with Crippen LogP contribution in [0.1, 0.15) is 32.8 Å². The van der Waals surface area contributed by atoms with Crippen LogP contribution in [0.15, 0.2) is 29.6 Å². The van der Waals surface area contributed by atoms with E-state index in [0.29, 0.717) is 13.0 Å². The highest BCUT2D eigenvalue weighted by molar-refractivity contribution is 7.17. The van der Waals surface area contributed by atoms with E-state index in [9.17, 15) is 9.90 Å². The van der Waals surface area contributed by atoms with Crippen LogP contribution in [0, 0.1) is 0 Å². The number of hydrogen-bond acceptors (Lipinski definition) is 4. The van der Waals surface area contributed by atoms with Crippen LogP contribution >= 0.6 is 11.3 Å². The molecule has 1 atom stereocenters. The van der Waals surface area contributed by atoms with E-state index in [1.54, 1.807) is 16.2 Å². The topological polar surface area (TPSA) is 49.8 Å². The monoisotopic (exact) mass is 319 g/mol. The van der Waals surface area contributed by atoms with E-state index in [1.165, 1.54) is 0 Å². The minimum absolute atomic E-state index is 0.277. The Morgan fingerprint density at radius 1 is 1.36 bits per heavy atom. The van der Waals surface area contributed by atoms with Crippen LogP contribution in [-0.4, -0.2) is 34.8 Å². The lowest BCUT2D eigenvalue weighted by Crippen LogP contribution is -2.38. The Balaban J connectivity index is 1.84. The Morgan fingerprint density at radius 2 is 2.14 bits per heavy atom. The van der Waals surface area contributed by atoms with Gasteiger partial charge in [0, 0.05) is 16.8 Å². The molecule has 5 heteroatoms. The molecule has 4 nitrogen and oxygen atoms in total. The number of rotatable bonds is 1. The first kappa shape index (κ1) is 15.3. The Kier molecular flexibility index (Phi) is 3.65. The largest absolute Gasteiger partial charge is 0.444 e. The number of hydrogen-bond donors (Lipinski definition) is 1. The second kappa shape index (κ2) is 5.25. The molecule has 0 aliphatic carbocycles. The Morgan fingerprint density at radius 3 is 2.86 bits per heavy atom. The number of β-amino-alcohol motifs (C(OH)–C–C–N with tert-alkyl or cyclic N) is 1. The Bertz CT molecular complexity index is 703. The molecular formula is C17H21NO3S. The molecule has 1 aliphatic heterocycles. The second-order valence-corrected chi connectivity index (χ2v) is 7.74. The molecule has 0 saturated carbocycles. The number of fused-ring (bicyclic) bond motifs is 1. The molecule has 3 rings (SSSR count). The molecule has 1 unspecified atom stereocenters. The first-order valence-electron chi connectivity index (χ1n) is 7.46. The van der Waals surface area contributed by atoms with E-state index >= 15 is 0 Å². The van der Waals surface area contributed by atoms with Crippen LogP contribution in [0.4, 0.5) is 4.79 Å². The average Bonchev–Trinajstić information content (AvgIpc) is 3.03. The maximum atomic E-state index is 12.2. The molecule has 1 aromatic carbocycles. The molecule has 0 bridgehead atoms. The fourth-order valence-electron chi connectivity index (χ4n) is 2.86. The first-order valence-corrected chi connectivity index (χ1v) is 8.33. The molecule has 1 aliphatic rings. The van der Waals surface area contributed by atoms with E-state index in [-0.39, 0.29) is 12.6 Å². The van der Waals surface area contributed by atoms with Crippen LogP contribution in [0.3, 0.4) is 0 Å². The molecule has 1 amide bonds. The number of nitrogens with zero attached hydrogens (tertiary/aromatic N) is 1. The second-order valence-electron chi connectivity index (χ2n) is 6.83. The standard InChI is InChI=1S/C17H21NO3S/c1-16(2,3)21-15(19)18-9-8-17(20,11-18)13-6-4-5-12-7-10-22-14(12)13/h4-7,10,20H,8-9,11H2,1-3H3. The molecule has 118 valence electrons. The van der Waals surface area contributed by atoms with Gasteiger partial charge in [-0.15, -0.1) is 11.3 Å².